The Hall–Kier alpha value is -3.20. The summed E-state index contributed by atoms with van der Waals surface area (Å²) in [6.45, 7) is 3.39. The number of carbonyl (C=O) groups excluding carboxylic acids is 1. The summed E-state index contributed by atoms with van der Waals surface area (Å²) < 4.78 is 43.5. The van der Waals surface area contributed by atoms with Crippen molar-refractivity contribution in [2.24, 2.45) is 5.10 Å². The topological polar surface area (TPSA) is 88.1 Å². The molecule has 28 heavy (non-hydrogen) atoms. The highest BCUT2D eigenvalue weighted by molar-refractivity contribution is 7.92. The number of sulfonamides is 1. The molecule has 148 valence electrons. The van der Waals surface area contributed by atoms with Gasteiger partial charge in [0.15, 0.2) is 0 Å². The zero-order valence-electron chi connectivity index (χ0n) is 15.2. The summed E-state index contributed by atoms with van der Waals surface area (Å²) in [5.74, 6) is -0.669. The Kier molecular flexibility index (Phi) is 7.28. The van der Waals surface area contributed by atoms with Gasteiger partial charge in [0.2, 0.25) is 10.0 Å². The van der Waals surface area contributed by atoms with Crippen LogP contribution < -0.4 is 14.5 Å². The minimum absolute atomic E-state index is 0.0497. The van der Waals surface area contributed by atoms with Gasteiger partial charge < -0.3 is 4.74 Å². The fourth-order valence-electron chi connectivity index (χ4n) is 2.22. The second-order valence-electron chi connectivity index (χ2n) is 5.71. The fourth-order valence-corrected chi connectivity index (χ4v) is 3.06. The Bertz CT molecular complexity index is 977. The number of carbonyl (C=O) groups is 1. The van der Waals surface area contributed by atoms with Crippen LogP contribution in [0.5, 0.6) is 5.75 Å². The molecular weight excluding hydrogens is 385 g/mol. The monoisotopic (exact) mass is 405 g/mol. The van der Waals surface area contributed by atoms with Crippen LogP contribution in [0.3, 0.4) is 0 Å². The standard InChI is InChI=1S/C19H20FN3O4S/c1-3-10-27-18-9-4-6-15(11-18)13-21-22-19(24)14-23(28(2,25)26)17-8-5-7-16(20)12-17/h3-9,11-13H,1,10,14H2,2H3,(H,22,24)/b21-13-. The van der Waals surface area contributed by atoms with Crippen molar-refractivity contribution in [1.82, 2.24) is 5.43 Å². The zero-order chi connectivity index (χ0) is 20.6. The van der Waals surface area contributed by atoms with Crippen LogP contribution in [0.15, 0.2) is 66.3 Å². The molecule has 0 atom stereocenters. The number of rotatable bonds is 9. The number of nitrogens with one attached hydrogen (secondary N) is 1. The van der Waals surface area contributed by atoms with Gasteiger partial charge in [-0.15, -0.1) is 0 Å². The molecule has 0 spiro atoms. The molecule has 0 radical (unpaired) electrons. The van der Waals surface area contributed by atoms with Crippen LogP contribution in [0.1, 0.15) is 5.56 Å². The summed E-state index contributed by atoms with van der Waals surface area (Å²) in [7, 11) is -3.79. The minimum Gasteiger partial charge on any atom is -0.490 e. The Morgan fingerprint density at radius 1 is 1.29 bits per heavy atom. The quantitative estimate of drug-likeness (QED) is 0.394. The Labute approximate surface area is 163 Å². The molecule has 0 aliphatic heterocycles. The lowest BCUT2D eigenvalue weighted by atomic mass is 10.2. The van der Waals surface area contributed by atoms with E-state index in [2.05, 4.69) is 17.1 Å². The second-order valence-corrected chi connectivity index (χ2v) is 7.62. The van der Waals surface area contributed by atoms with Crippen molar-refractivity contribution in [2.75, 3.05) is 23.7 Å². The van der Waals surface area contributed by atoms with Gasteiger partial charge in [-0.2, -0.15) is 5.10 Å². The van der Waals surface area contributed by atoms with E-state index >= 15 is 0 Å². The van der Waals surface area contributed by atoms with E-state index < -0.39 is 28.3 Å². The average molecular weight is 405 g/mol. The molecule has 0 aliphatic carbocycles. The van der Waals surface area contributed by atoms with Crippen molar-refractivity contribution in [3.8, 4) is 5.75 Å². The molecule has 1 amide bonds. The second kappa shape index (κ2) is 9.65. The van der Waals surface area contributed by atoms with Crippen molar-refractivity contribution < 1.29 is 22.3 Å². The van der Waals surface area contributed by atoms with Gasteiger partial charge in [0.05, 0.1) is 18.2 Å². The van der Waals surface area contributed by atoms with E-state index in [4.69, 9.17) is 4.74 Å². The number of nitrogens with zero attached hydrogens (tertiary/aromatic N) is 2. The molecule has 0 aliphatic rings. The molecule has 1 N–H and O–H groups in total. The predicted molar refractivity (Wildman–Crippen MR) is 106 cm³/mol. The van der Waals surface area contributed by atoms with Gasteiger partial charge in [0, 0.05) is 0 Å². The minimum atomic E-state index is -3.79. The molecule has 2 aromatic rings. The van der Waals surface area contributed by atoms with Gasteiger partial charge in [-0.05, 0) is 35.9 Å². The molecule has 2 aromatic carbocycles. The Morgan fingerprint density at radius 3 is 2.71 bits per heavy atom. The van der Waals surface area contributed by atoms with Gasteiger partial charge in [-0.3, -0.25) is 9.10 Å². The summed E-state index contributed by atoms with van der Waals surface area (Å²) in [5.41, 5.74) is 2.98. The maximum Gasteiger partial charge on any atom is 0.260 e. The highest BCUT2D eigenvalue weighted by atomic mass is 32.2. The van der Waals surface area contributed by atoms with Gasteiger partial charge in [0.1, 0.15) is 24.7 Å². The van der Waals surface area contributed by atoms with Crippen LogP contribution in [0.4, 0.5) is 10.1 Å². The lowest BCUT2D eigenvalue weighted by Crippen LogP contribution is -2.39. The number of ether oxygens (including phenoxy) is 1. The molecule has 0 bridgehead atoms. The molecule has 0 saturated carbocycles. The zero-order valence-corrected chi connectivity index (χ0v) is 16.0. The summed E-state index contributed by atoms with van der Waals surface area (Å²) in [5, 5.41) is 3.81. The van der Waals surface area contributed by atoms with E-state index in [1.165, 1.54) is 24.4 Å². The first-order chi connectivity index (χ1) is 13.3. The largest absolute Gasteiger partial charge is 0.490 e. The normalized spacial score (nSPS) is 11.2. The first kappa shape index (κ1) is 21.1. The van der Waals surface area contributed by atoms with E-state index in [0.717, 1.165) is 16.6 Å². The Morgan fingerprint density at radius 2 is 2.04 bits per heavy atom. The number of halogens is 1. The van der Waals surface area contributed by atoms with Crippen LogP contribution in [-0.2, 0) is 14.8 Å². The molecule has 0 heterocycles. The smallest absolute Gasteiger partial charge is 0.260 e. The average Bonchev–Trinajstić information content (AvgIpc) is 2.64. The summed E-state index contributed by atoms with van der Waals surface area (Å²) in [4.78, 5) is 12.1. The summed E-state index contributed by atoms with van der Waals surface area (Å²) in [6.07, 6.45) is 3.95. The first-order valence-corrected chi connectivity index (χ1v) is 10.0. The molecule has 0 unspecified atom stereocenters. The van der Waals surface area contributed by atoms with Crippen LogP contribution in [0.25, 0.3) is 0 Å². The molecule has 2 rings (SSSR count). The third-order valence-electron chi connectivity index (χ3n) is 3.41. The highest BCUT2D eigenvalue weighted by Gasteiger charge is 2.21. The van der Waals surface area contributed by atoms with E-state index in [-0.39, 0.29) is 5.69 Å². The molecule has 0 fully saturated rings. The summed E-state index contributed by atoms with van der Waals surface area (Å²) in [6, 6.07) is 12.0. The lowest BCUT2D eigenvalue weighted by molar-refractivity contribution is -0.119. The van der Waals surface area contributed by atoms with Crippen molar-refractivity contribution in [2.45, 2.75) is 0 Å². The third kappa shape index (κ3) is 6.51. The van der Waals surface area contributed by atoms with Crippen LogP contribution in [0.2, 0.25) is 0 Å². The lowest BCUT2D eigenvalue weighted by Gasteiger charge is -2.21. The first-order valence-electron chi connectivity index (χ1n) is 8.18. The van der Waals surface area contributed by atoms with E-state index in [1.54, 1.807) is 30.3 Å². The van der Waals surface area contributed by atoms with E-state index in [1.807, 2.05) is 0 Å². The van der Waals surface area contributed by atoms with Gasteiger partial charge in [-0.25, -0.2) is 18.2 Å². The number of anilines is 1. The SMILES string of the molecule is C=CCOc1cccc(/C=N\NC(=O)CN(c2cccc(F)c2)S(C)(=O)=O)c1. The highest BCUT2D eigenvalue weighted by Crippen LogP contribution is 2.18. The van der Waals surface area contributed by atoms with Crippen molar-refractivity contribution in [1.29, 1.82) is 0 Å². The fraction of sp³-hybridized carbons (Fsp3) is 0.158. The van der Waals surface area contributed by atoms with E-state index in [0.29, 0.717) is 17.9 Å². The maximum absolute atomic E-state index is 13.4. The molecule has 0 aromatic heterocycles. The molecule has 7 nitrogen and oxygen atoms in total. The number of hydrazone groups is 1. The number of hydrogen-bond acceptors (Lipinski definition) is 5. The van der Waals surface area contributed by atoms with Crippen molar-refractivity contribution >= 4 is 27.8 Å². The van der Waals surface area contributed by atoms with Crippen molar-refractivity contribution in [3.05, 3.63) is 72.6 Å². The maximum atomic E-state index is 13.4. The van der Waals surface area contributed by atoms with Crippen molar-refractivity contribution in [3.63, 3.8) is 0 Å². The molecule has 9 heteroatoms. The number of amides is 1. The van der Waals surface area contributed by atoms with Gasteiger partial charge >= 0.3 is 0 Å². The number of benzene rings is 2. The van der Waals surface area contributed by atoms with Gasteiger partial charge in [-0.1, -0.05) is 30.9 Å². The van der Waals surface area contributed by atoms with Crippen LogP contribution in [0, 0.1) is 5.82 Å². The number of hydrogen-bond donors (Lipinski definition) is 1. The Balaban J connectivity index is 2.03. The molecule has 0 saturated heterocycles. The van der Waals surface area contributed by atoms with Crippen LogP contribution >= 0.6 is 0 Å². The van der Waals surface area contributed by atoms with E-state index in [9.17, 15) is 17.6 Å². The third-order valence-corrected chi connectivity index (χ3v) is 4.55. The summed E-state index contributed by atoms with van der Waals surface area (Å²) >= 11 is 0. The van der Waals surface area contributed by atoms with Gasteiger partial charge in [0.25, 0.3) is 5.91 Å². The predicted octanol–water partition coefficient (Wildman–Crippen LogP) is 2.31. The van der Waals surface area contributed by atoms with Crippen LogP contribution in [-0.4, -0.2) is 39.9 Å². The molecular formula is C19H20FN3O4S.